The van der Waals surface area contributed by atoms with Crippen LogP contribution in [0.5, 0.6) is 0 Å². The molecular weight excluding hydrogens is 182 g/mol. The average molecular weight is 201 g/mol. The molecule has 2 aliphatic rings. The highest BCUT2D eigenvalue weighted by atomic mass is 14.8. The molecule has 0 heterocycles. The molecule has 2 N–H and O–H groups in total. The van der Waals surface area contributed by atoms with Crippen molar-refractivity contribution in [1.82, 2.24) is 0 Å². The molecule has 1 aromatic carbocycles. The summed E-state index contributed by atoms with van der Waals surface area (Å²) in [6, 6.07) is 6.74. The number of hydrogen-bond donors (Lipinski definition) is 1. The number of fused-ring (bicyclic) bond motifs is 1. The quantitative estimate of drug-likeness (QED) is 0.782. The van der Waals surface area contributed by atoms with E-state index in [-0.39, 0.29) is 5.54 Å². The van der Waals surface area contributed by atoms with E-state index in [1.165, 1.54) is 37.7 Å². The van der Waals surface area contributed by atoms with E-state index >= 15 is 0 Å². The molecule has 1 heteroatoms. The Morgan fingerprint density at radius 1 is 1.40 bits per heavy atom. The Bertz CT molecular complexity index is 390. The minimum Gasteiger partial charge on any atom is -0.325 e. The molecule has 0 aliphatic heterocycles. The van der Waals surface area contributed by atoms with Crippen LogP contribution in [0.25, 0.3) is 0 Å². The maximum atomic E-state index is 6.22. The lowest BCUT2D eigenvalue weighted by Gasteiger charge is -2.16. The first-order valence-electron chi connectivity index (χ1n) is 6.05. The van der Waals surface area contributed by atoms with Crippen molar-refractivity contribution in [2.75, 3.05) is 0 Å². The molecule has 1 atom stereocenters. The van der Waals surface area contributed by atoms with Crippen LogP contribution in [0.15, 0.2) is 18.2 Å². The van der Waals surface area contributed by atoms with E-state index in [9.17, 15) is 0 Å². The van der Waals surface area contributed by atoms with Gasteiger partial charge in [-0.2, -0.15) is 0 Å². The van der Waals surface area contributed by atoms with Gasteiger partial charge in [0.1, 0.15) is 0 Å². The summed E-state index contributed by atoms with van der Waals surface area (Å²) in [5.74, 6) is 0.743. The van der Waals surface area contributed by atoms with Gasteiger partial charge in [0.15, 0.2) is 0 Å². The SMILES string of the molecule is Cc1cccc2c1CCC2CC1(N)CC1. The molecule has 0 spiro atoms. The van der Waals surface area contributed by atoms with E-state index in [4.69, 9.17) is 5.73 Å². The second-order valence-electron chi connectivity index (χ2n) is 5.44. The summed E-state index contributed by atoms with van der Waals surface area (Å²) in [6.45, 7) is 2.23. The molecule has 80 valence electrons. The minimum absolute atomic E-state index is 0.204. The highest BCUT2D eigenvalue weighted by Crippen LogP contribution is 2.46. The lowest BCUT2D eigenvalue weighted by atomic mass is 9.92. The normalized spacial score (nSPS) is 26.4. The van der Waals surface area contributed by atoms with E-state index in [1.807, 2.05) is 0 Å². The Balaban J connectivity index is 1.88. The van der Waals surface area contributed by atoms with E-state index < -0.39 is 0 Å². The van der Waals surface area contributed by atoms with Gasteiger partial charge in [0.05, 0.1) is 0 Å². The van der Waals surface area contributed by atoms with E-state index in [0.29, 0.717) is 0 Å². The van der Waals surface area contributed by atoms with Gasteiger partial charge < -0.3 is 5.73 Å². The predicted molar refractivity (Wildman–Crippen MR) is 63.0 cm³/mol. The first-order valence-corrected chi connectivity index (χ1v) is 6.05. The standard InChI is InChI=1S/C14H19N/c1-10-3-2-4-13-11(5-6-12(10)13)9-14(15)7-8-14/h2-4,11H,5-9,15H2,1H3. The largest absolute Gasteiger partial charge is 0.325 e. The van der Waals surface area contributed by atoms with Crippen LogP contribution in [0, 0.1) is 6.92 Å². The number of nitrogens with two attached hydrogens (primary N) is 1. The van der Waals surface area contributed by atoms with Crippen molar-refractivity contribution in [3.63, 3.8) is 0 Å². The summed E-state index contributed by atoms with van der Waals surface area (Å²) in [6.07, 6.45) is 6.28. The smallest absolute Gasteiger partial charge is 0.0161 e. The van der Waals surface area contributed by atoms with Gasteiger partial charge in [0.2, 0.25) is 0 Å². The molecule has 2 aliphatic carbocycles. The van der Waals surface area contributed by atoms with E-state index in [0.717, 1.165) is 5.92 Å². The average Bonchev–Trinajstić information content (AvgIpc) is 2.78. The van der Waals surface area contributed by atoms with Gasteiger partial charge in [-0.3, -0.25) is 0 Å². The van der Waals surface area contributed by atoms with Crippen molar-refractivity contribution in [2.24, 2.45) is 5.73 Å². The molecule has 0 radical (unpaired) electrons. The van der Waals surface area contributed by atoms with Crippen LogP contribution in [0.3, 0.4) is 0 Å². The monoisotopic (exact) mass is 201 g/mol. The molecule has 1 saturated carbocycles. The zero-order chi connectivity index (χ0) is 10.5. The fraction of sp³-hybridized carbons (Fsp3) is 0.571. The molecule has 1 aromatic rings. The fourth-order valence-electron chi connectivity index (χ4n) is 2.99. The molecule has 1 nitrogen and oxygen atoms in total. The highest BCUT2D eigenvalue weighted by Gasteiger charge is 2.41. The summed E-state index contributed by atoms with van der Waals surface area (Å²) in [5.41, 5.74) is 11.1. The van der Waals surface area contributed by atoms with Crippen molar-refractivity contribution in [3.8, 4) is 0 Å². The molecule has 1 unspecified atom stereocenters. The van der Waals surface area contributed by atoms with Crippen molar-refractivity contribution < 1.29 is 0 Å². The van der Waals surface area contributed by atoms with Crippen LogP contribution in [0.2, 0.25) is 0 Å². The molecule has 0 saturated heterocycles. The minimum atomic E-state index is 0.204. The second-order valence-corrected chi connectivity index (χ2v) is 5.44. The second kappa shape index (κ2) is 3.08. The lowest BCUT2D eigenvalue weighted by Crippen LogP contribution is -2.23. The summed E-state index contributed by atoms with van der Waals surface area (Å²) in [7, 11) is 0. The Kier molecular flexibility index (Phi) is 1.93. The van der Waals surface area contributed by atoms with Gasteiger partial charge in [-0.05, 0) is 61.6 Å². The van der Waals surface area contributed by atoms with Gasteiger partial charge >= 0.3 is 0 Å². The summed E-state index contributed by atoms with van der Waals surface area (Å²) in [5, 5.41) is 0. The molecule has 1 fully saturated rings. The van der Waals surface area contributed by atoms with E-state index in [2.05, 4.69) is 25.1 Å². The number of benzene rings is 1. The third-order valence-electron chi connectivity index (χ3n) is 4.17. The predicted octanol–water partition coefficient (Wildman–Crippen LogP) is 2.91. The molecule has 15 heavy (non-hydrogen) atoms. The maximum Gasteiger partial charge on any atom is 0.0161 e. The molecule has 0 bridgehead atoms. The number of rotatable bonds is 2. The third-order valence-corrected chi connectivity index (χ3v) is 4.17. The van der Waals surface area contributed by atoms with Crippen LogP contribution >= 0.6 is 0 Å². The Morgan fingerprint density at radius 2 is 2.20 bits per heavy atom. The van der Waals surface area contributed by atoms with Crippen molar-refractivity contribution in [1.29, 1.82) is 0 Å². The fourth-order valence-corrected chi connectivity index (χ4v) is 2.99. The van der Waals surface area contributed by atoms with Gasteiger partial charge in [-0.1, -0.05) is 18.2 Å². The molecular formula is C14H19N. The first-order chi connectivity index (χ1) is 7.18. The molecule has 3 rings (SSSR count). The van der Waals surface area contributed by atoms with Gasteiger partial charge in [-0.15, -0.1) is 0 Å². The molecule has 0 amide bonds. The van der Waals surface area contributed by atoms with Crippen molar-refractivity contribution in [3.05, 3.63) is 34.9 Å². The Labute approximate surface area is 91.7 Å². The lowest BCUT2D eigenvalue weighted by molar-refractivity contribution is 0.513. The number of hydrogen-bond acceptors (Lipinski definition) is 1. The van der Waals surface area contributed by atoms with Crippen LogP contribution in [0.4, 0.5) is 0 Å². The van der Waals surface area contributed by atoms with Crippen LogP contribution in [-0.4, -0.2) is 5.54 Å². The van der Waals surface area contributed by atoms with Crippen molar-refractivity contribution >= 4 is 0 Å². The maximum absolute atomic E-state index is 6.22. The Hall–Kier alpha value is -0.820. The van der Waals surface area contributed by atoms with Crippen molar-refractivity contribution in [2.45, 2.75) is 50.5 Å². The van der Waals surface area contributed by atoms with Crippen LogP contribution in [0.1, 0.15) is 48.3 Å². The van der Waals surface area contributed by atoms with E-state index in [1.54, 1.807) is 11.1 Å². The van der Waals surface area contributed by atoms with Gasteiger partial charge in [0.25, 0.3) is 0 Å². The van der Waals surface area contributed by atoms with Gasteiger partial charge in [0, 0.05) is 5.54 Å². The third kappa shape index (κ3) is 1.59. The summed E-state index contributed by atoms with van der Waals surface area (Å²) >= 11 is 0. The number of aryl methyl sites for hydroxylation is 1. The zero-order valence-electron chi connectivity index (χ0n) is 9.42. The highest BCUT2D eigenvalue weighted by molar-refractivity contribution is 5.41. The first kappa shape index (κ1) is 9.41. The topological polar surface area (TPSA) is 26.0 Å². The van der Waals surface area contributed by atoms with Crippen LogP contribution < -0.4 is 5.73 Å². The van der Waals surface area contributed by atoms with Gasteiger partial charge in [-0.25, -0.2) is 0 Å². The zero-order valence-corrected chi connectivity index (χ0v) is 9.42. The summed E-state index contributed by atoms with van der Waals surface area (Å²) < 4.78 is 0. The van der Waals surface area contributed by atoms with Crippen LogP contribution in [-0.2, 0) is 6.42 Å². The summed E-state index contributed by atoms with van der Waals surface area (Å²) in [4.78, 5) is 0. The molecule has 0 aromatic heterocycles. The Morgan fingerprint density at radius 3 is 2.93 bits per heavy atom.